The summed E-state index contributed by atoms with van der Waals surface area (Å²) >= 11 is 0. The molecule has 0 unspecified atom stereocenters. The molecule has 0 aliphatic heterocycles. The fraction of sp³-hybridized carbons (Fsp3) is 0.111. The third kappa shape index (κ3) is 2.26. The standard InChI is InChI=1S/C18H14O5/c1-10-16(21)15-13(20)8-14(11-6-4-3-5-7-11)23-18(15)12(9-19)17(10)22-2/h3-9,21H,1-2H3. The van der Waals surface area contributed by atoms with Crippen LogP contribution in [-0.2, 0) is 0 Å². The van der Waals surface area contributed by atoms with E-state index in [9.17, 15) is 14.7 Å². The number of phenols is 1. The second-order valence-electron chi connectivity index (χ2n) is 5.08. The SMILES string of the molecule is COc1c(C)c(O)c2c(=O)cc(-c3ccccc3)oc2c1C=O. The van der Waals surface area contributed by atoms with Gasteiger partial charge in [-0.15, -0.1) is 0 Å². The minimum Gasteiger partial charge on any atom is -0.507 e. The lowest BCUT2D eigenvalue weighted by Crippen LogP contribution is -2.05. The number of hydrogen-bond donors (Lipinski definition) is 1. The molecule has 0 spiro atoms. The van der Waals surface area contributed by atoms with Crippen LogP contribution >= 0.6 is 0 Å². The molecule has 3 rings (SSSR count). The van der Waals surface area contributed by atoms with Crippen molar-refractivity contribution in [3.8, 4) is 22.8 Å². The predicted octanol–water partition coefficient (Wildman–Crippen LogP) is 3.30. The largest absolute Gasteiger partial charge is 0.507 e. The number of benzene rings is 2. The van der Waals surface area contributed by atoms with Gasteiger partial charge in [-0.3, -0.25) is 9.59 Å². The first kappa shape index (κ1) is 14.8. The van der Waals surface area contributed by atoms with Crippen LogP contribution in [0.3, 0.4) is 0 Å². The number of methoxy groups -OCH3 is 1. The second kappa shape index (κ2) is 5.61. The number of phenolic OH excluding ortho intramolecular Hbond substituents is 1. The summed E-state index contributed by atoms with van der Waals surface area (Å²) in [5.41, 5.74) is 0.722. The molecule has 0 aliphatic carbocycles. The molecule has 116 valence electrons. The topological polar surface area (TPSA) is 76.7 Å². The van der Waals surface area contributed by atoms with Crippen LogP contribution in [0.4, 0.5) is 0 Å². The fourth-order valence-corrected chi connectivity index (χ4v) is 2.62. The van der Waals surface area contributed by atoms with E-state index in [0.29, 0.717) is 23.2 Å². The Morgan fingerprint density at radius 2 is 1.91 bits per heavy atom. The normalized spacial score (nSPS) is 10.7. The molecular formula is C18H14O5. The molecule has 1 N–H and O–H groups in total. The van der Waals surface area contributed by atoms with Crippen molar-refractivity contribution in [1.82, 2.24) is 0 Å². The van der Waals surface area contributed by atoms with Crippen LogP contribution < -0.4 is 10.2 Å². The lowest BCUT2D eigenvalue weighted by Gasteiger charge is -2.13. The first-order valence-electron chi connectivity index (χ1n) is 6.96. The maximum atomic E-state index is 12.4. The minimum absolute atomic E-state index is 0.0197. The molecule has 0 aliphatic rings. The molecule has 0 saturated heterocycles. The van der Waals surface area contributed by atoms with E-state index in [0.717, 1.165) is 0 Å². The van der Waals surface area contributed by atoms with E-state index >= 15 is 0 Å². The highest BCUT2D eigenvalue weighted by Crippen LogP contribution is 2.38. The van der Waals surface area contributed by atoms with Crippen LogP contribution in [0.15, 0.2) is 45.6 Å². The number of carbonyl (C=O) groups is 1. The molecule has 5 heteroatoms. The van der Waals surface area contributed by atoms with Crippen molar-refractivity contribution >= 4 is 17.3 Å². The summed E-state index contributed by atoms with van der Waals surface area (Å²) < 4.78 is 10.9. The Balaban J connectivity index is 2.47. The monoisotopic (exact) mass is 310 g/mol. The van der Waals surface area contributed by atoms with Crippen molar-refractivity contribution < 1.29 is 19.1 Å². The molecule has 0 radical (unpaired) electrons. The molecule has 0 fully saturated rings. The second-order valence-corrected chi connectivity index (χ2v) is 5.08. The maximum Gasteiger partial charge on any atom is 0.197 e. The van der Waals surface area contributed by atoms with Crippen LogP contribution in [0.25, 0.3) is 22.3 Å². The van der Waals surface area contributed by atoms with Gasteiger partial charge in [0.1, 0.15) is 28.2 Å². The van der Waals surface area contributed by atoms with E-state index < -0.39 is 5.43 Å². The van der Waals surface area contributed by atoms with Crippen molar-refractivity contribution in [2.24, 2.45) is 0 Å². The third-order valence-electron chi connectivity index (χ3n) is 3.75. The summed E-state index contributed by atoms with van der Waals surface area (Å²) in [5.74, 6) is 0.269. The zero-order valence-corrected chi connectivity index (χ0v) is 12.6. The highest BCUT2D eigenvalue weighted by molar-refractivity contribution is 6.01. The van der Waals surface area contributed by atoms with Gasteiger partial charge in [0.25, 0.3) is 0 Å². The summed E-state index contributed by atoms with van der Waals surface area (Å²) in [6, 6.07) is 10.3. The van der Waals surface area contributed by atoms with Crippen molar-refractivity contribution in [3.63, 3.8) is 0 Å². The van der Waals surface area contributed by atoms with Gasteiger partial charge in [0.15, 0.2) is 17.3 Å². The molecule has 0 saturated carbocycles. The Bertz CT molecular complexity index is 955. The highest BCUT2D eigenvalue weighted by atomic mass is 16.5. The van der Waals surface area contributed by atoms with Gasteiger partial charge in [-0.2, -0.15) is 0 Å². The Morgan fingerprint density at radius 3 is 2.52 bits per heavy atom. The molecule has 1 aromatic heterocycles. The predicted molar refractivity (Wildman–Crippen MR) is 86.3 cm³/mol. The molecule has 3 aromatic rings. The van der Waals surface area contributed by atoms with E-state index in [4.69, 9.17) is 9.15 Å². The third-order valence-corrected chi connectivity index (χ3v) is 3.75. The van der Waals surface area contributed by atoms with Gasteiger partial charge in [-0.25, -0.2) is 0 Å². The molecule has 0 bridgehead atoms. The summed E-state index contributed by atoms with van der Waals surface area (Å²) in [4.78, 5) is 23.9. The zero-order chi connectivity index (χ0) is 16.6. The fourth-order valence-electron chi connectivity index (χ4n) is 2.62. The molecule has 23 heavy (non-hydrogen) atoms. The zero-order valence-electron chi connectivity index (χ0n) is 12.6. The minimum atomic E-state index is -0.420. The van der Waals surface area contributed by atoms with Crippen molar-refractivity contribution in [1.29, 1.82) is 0 Å². The summed E-state index contributed by atoms with van der Waals surface area (Å²) in [6.07, 6.45) is 0.561. The van der Waals surface area contributed by atoms with Gasteiger partial charge in [0.05, 0.1) is 7.11 Å². The van der Waals surface area contributed by atoms with Crippen LogP contribution in [0.2, 0.25) is 0 Å². The number of rotatable bonds is 3. The van der Waals surface area contributed by atoms with E-state index in [1.165, 1.54) is 13.2 Å². The van der Waals surface area contributed by atoms with Gasteiger partial charge in [0.2, 0.25) is 0 Å². The van der Waals surface area contributed by atoms with E-state index in [2.05, 4.69) is 0 Å². The molecule has 5 nitrogen and oxygen atoms in total. The Labute approximate surface area is 131 Å². The maximum absolute atomic E-state index is 12.4. The van der Waals surface area contributed by atoms with Gasteiger partial charge in [-0.1, -0.05) is 30.3 Å². The highest BCUT2D eigenvalue weighted by Gasteiger charge is 2.22. The number of carbonyl (C=O) groups excluding carboxylic acids is 1. The van der Waals surface area contributed by atoms with Gasteiger partial charge in [0, 0.05) is 17.2 Å². The smallest absolute Gasteiger partial charge is 0.197 e. The average Bonchev–Trinajstić information content (AvgIpc) is 2.58. The van der Waals surface area contributed by atoms with E-state index in [1.54, 1.807) is 19.1 Å². The lowest BCUT2D eigenvalue weighted by molar-refractivity contribution is 0.112. The Kier molecular flexibility index (Phi) is 3.62. The average molecular weight is 310 g/mol. The molecule has 0 amide bonds. The molecular weight excluding hydrogens is 296 g/mol. The van der Waals surface area contributed by atoms with Gasteiger partial charge in [-0.05, 0) is 6.92 Å². The molecule has 0 atom stereocenters. The summed E-state index contributed by atoms with van der Waals surface area (Å²) in [5, 5.41) is 10.3. The first-order chi connectivity index (χ1) is 11.1. The van der Waals surface area contributed by atoms with Crippen molar-refractivity contribution in [3.05, 3.63) is 57.7 Å². The van der Waals surface area contributed by atoms with Crippen molar-refractivity contribution in [2.45, 2.75) is 6.92 Å². The number of ether oxygens (including phenoxy) is 1. The number of hydrogen-bond acceptors (Lipinski definition) is 5. The molecule has 1 heterocycles. The van der Waals surface area contributed by atoms with Crippen molar-refractivity contribution in [2.75, 3.05) is 7.11 Å². The molecule has 2 aromatic carbocycles. The quantitative estimate of drug-likeness (QED) is 0.751. The number of fused-ring (bicyclic) bond motifs is 1. The number of aldehydes is 1. The van der Waals surface area contributed by atoms with Crippen LogP contribution in [0.5, 0.6) is 11.5 Å². The van der Waals surface area contributed by atoms with Crippen LogP contribution in [0, 0.1) is 6.92 Å². The lowest BCUT2D eigenvalue weighted by atomic mass is 10.0. The van der Waals surface area contributed by atoms with E-state index in [1.807, 2.05) is 18.2 Å². The van der Waals surface area contributed by atoms with Gasteiger partial charge >= 0.3 is 0 Å². The summed E-state index contributed by atoms with van der Waals surface area (Å²) in [7, 11) is 1.39. The summed E-state index contributed by atoms with van der Waals surface area (Å²) in [6.45, 7) is 1.57. The first-order valence-corrected chi connectivity index (χ1v) is 6.96. The number of aromatic hydroxyl groups is 1. The Hall–Kier alpha value is -3.08. The van der Waals surface area contributed by atoms with E-state index in [-0.39, 0.29) is 28.0 Å². The van der Waals surface area contributed by atoms with Crippen LogP contribution in [-0.4, -0.2) is 18.5 Å². The van der Waals surface area contributed by atoms with Gasteiger partial charge < -0.3 is 14.3 Å². The Morgan fingerprint density at radius 1 is 1.22 bits per heavy atom. The van der Waals surface area contributed by atoms with Crippen LogP contribution in [0.1, 0.15) is 15.9 Å².